The van der Waals surface area contributed by atoms with Gasteiger partial charge in [0, 0.05) is 24.4 Å². The molecule has 4 rings (SSSR count). The molecule has 1 amide bonds. The highest BCUT2D eigenvalue weighted by molar-refractivity contribution is 7.92. The van der Waals surface area contributed by atoms with Crippen molar-refractivity contribution >= 4 is 32.9 Å². The zero-order valence-electron chi connectivity index (χ0n) is 21.2. The Bertz CT molecular complexity index is 1530. The smallest absolute Gasteiger partial charge is 0.407 e. The van der Waals surface area contributed by atoms with Crippen LogP contribution in [0.4, 0.5) is 10.6 Å². The van der Waals surface area contributed by atoms with Crippen LogP contribution in [0.15, 0.2) is 58.2 Å². The van der Waals surface area contributed by atoms with Crippen LogP contribution in [0, 0.1) is 6.92 Å². The maximum atomic E-state index is 12.9. The molecule has 0 saturated heterocycles. The topological polar surface area (TPSA) is 138 Å². The fourth-order valence-electron chi connectivity index (χ4n) is 3.72. The quantitative estimate of drug-likeness (QED) is 0.348. The van der Waals surface area contributed by atoms with E-state index in [4.69, 9.17) is 14.0 Å². The summed E-state index contributed by atoms with van der Waals surface area (Å²) in [4.78, 5) is 11.9. The van der Waals surface area contributed by atoms with Gasteiger partial charge in [0.1, 0.15) is 11.4 Å². The molecule has 37 heavy (non-hydrogen) atoms. The molecule has 2 heterocycles. The summed E-state index contributed by atoms with van der Waals surface area (Å²) >= 11 is 0. The van der Waals surface area contributed by atoms with Crippen molar-refractivity contribution in [1.29, 1.82) is 0 Å². The lowest BCUT2D eigenvalue weighted by atomic mass is 10.1. The predicted molar refractivity (Wildman–Crippen MR) is 137 cm³/mol. The first kappa shape index (κ1) is 26.0. The molecule has 0 aliphatic heterocycles. The van der Waals surface area contributed by atoms with Crippen LogP contribution in [0.1, 0.15) is 37.5 Å². The van der Waals surface area contributed by atoms with E-state index in [9.17, 15) is 13.2 Å². The summed E-state index contributed by atoms with van der Waals surface area (Å²) in [6.07, 6.45) is 3.00. The van der Waals surface area contributed by atoms with E-state index in [-0.39, 0.29) is 17.3 Å². The van der Waals surface area contributed by atoms with E-state index >= 15 is 0 Å². The number of carbonyl (C=O) groups excluding carboxylic acids is 1. The fourth-order valence-corrected chi connectivity index (χ4v) is 4.76. The Balaban J connectivity index is 1.47. The molecule has 196 valence electrons. The third-order valence-corrected chi connectivity index (χ3v) is 6.62. The normalized spacial score (nSPS) is 11.9. The van der Waals surface area contributed by atoms with Gasteiger partial charge in [0.25, 0.3) is 10.0 Å². The van der Waals surface area contributed by atoms with Gasteiger partial charge in [-0.15, -0.1) is 0 Å². The lowest BCUT2D eigenvalue weighted by Gasteiger charge is -2.19. The lowest BCUT2D eigenvalue weighted by Crippen LogP contribution is -2.32. The average molecular weight is 528 g/mol. The van der Waals surface area contributed by atoms with Gasteiger partial charge in [-0.2, -0.15) is 5.10 Å². The second-order valence-electron chi connectivity index (χ2n) is 9.50. The molecule has 0 fully saturated rings. The maximum absolute atomic E-state index is 12.9. The lowest BCUT2D eigenvalue weighted by molar-refractivity contribution is 0.0523. The van der Waals surface area contributed by atoms with Gasteiger partial charge in [0.15, 0.2) is 11.4 Å². The maximum Gasteiger partial charge on any atom is 0.407 e. The van der Waals surface area contributed by atoms with E-state index in [0.717, 1.165) is 16.7 Å². The minimum absolute atomic E-state index is 0.0490. The van der Waals surface area contributed by atoms with Crippen molar-refractivity contribution in [2.24, 2.45) is 0 Å². The van der Waals surface area contributed by atoms with Crippen molar-refractivity contribution in [3.8, 4) is 5.75 Å². The number of nitrogens with one attached hydrogen (secondary N) is 2. The van der Waals surface area contributed by atoms with Crippen molar-refractivity contribution in [2.45, 2.75) is 51.3 Å². The number of hydrogen-bond acceptors (Lipinski definition) is 8. The van der Waals surface area contributed by atoms with Gasteiger partial charge in [0.2, 0.25) is 0 Å². The standard InChI is InChI=1S/C25H29N5O6S/c1-16-9-17(14-30-15-18(13-27-30)12-26-24(31)35-25(2,3)4)10-21-22(16)23(28-36-21)29-37(32,33)20-8-6-7-19(11-20)34-5/h6-11,13,15H,12,14H2,1-5H3,(H,26,31)(H,28,29). The summed E-state index contributed by atoms with van der Waals surface area (Å²) in [7, 11) is -2.44. The first-order chi connectivity index (χ1) is 17.4. The Kier molecular flexibility index (Phi) is 7.12. The molecular formula is C25H29N5O6S. The van der Waals surface area contributed by atoms with Crippen molar-refractivity contribution in [1.82, 2.24) is 20.3 Å². The van der Waals surface area contributed by atoms with E-state index < -0.39 is 21.7 Å². The highest BCUT2D eigenvalue weighted by atomic mass is 32.2. The van der Waals surface area contributed by atoms with Crippen LogP contribution in [-0.2, 0) is 27.8 Å². The monoisotopic (exact) mass is 527 g/mol. The number of fused-ring (bicyclic) bond motifs is 1. The van der Waals surface area contributed by atoms with Gasteiger partial charge in [-0.1, -0.05) is 17.3 Å². The van der Waals surface area contributed by atoms with Crippen LogP contribution in [0.5, 0.6) is 5.75 Å². The molecule has 0 bridgehead atoms. The molecule has 12 heteroatoms. The average Bonchev–Trinajstić information content (AvgIpc) is 3.43. The molecule has 0 radical (unpaired) electrons. The largest absolute Gasteiger partial charge is 0.497 e. The van der Waals surface area contributed by atoms with Gasteiger partial charge in [-0.05, 0) is 57.0 Å². The van der Waals surface area contributed by atoms with Gasteiger partial charge in [-0.3, -0.25) is 9.40 Å². The van der Waals surface area contributed by atoms with Crippen LogP contribution in [0.3, 0.4) is 0 Å². The molecule has 0 aliphatic rings. The van der Waals surface area contributed by atoms with Gasteiger partial charge < -0.3 is 19.3 Å². The summed E-state index contributed by atoms with van der Waals surface area (Å²) < 4.78 is 45.9. The van der Waals surface area contributed by atoms with Crippen LogP contribution in [0.2, 0.25) is 0 Å². The highest BCUT2D eigenvalue weighted by Crippen LogP contribution is 2.30. The summed E-state index contributed by atoms with van der Waals surface area (Å²) in [5.41, 5.74) is 2.36. The van der Waals surface area contributed by atoms with Crippen LogP contribution < -0.4 is 14.8 Å². The Labute approximate surface area is 214 Å². The van der Waals surface area contributed by atoms with Gasteiger partial charge >= 0.3 is 6.09 Å². The van der Waals surface area contributed by atoms with Crippen LogP contribution in [-0.4, -0.2) is 42.2 Å². The number of rotatable bonds is 8. The highest BCUT2D eigenvalue weighted by Gasteiger charge is 2.21. The first-order valence-electron chi connectivity index (χ1n) is 11.5. The second kappa shape index (κ2) is 10.1. The zero-order valence-corrected chi connectivity index (χ0v) is 22.0. The second-order valence-corrected chi connectivity index (χ2v) is 11.2. The van der Waals surface area contributed by atoms with Crippen LogP contribution in [0.25, 0.3) is 11.0 Å². The van der Waals surface area contributed by atoms with Crippen molar-refractivity contribution in [2.75, 3.05) is 11.8 Å². The Morgan fingerprint density at radius 2 is 1.95 bits per heavy atom. The number of anilines is 1. The summed E-state index contributed by atoms with van der Waals surface area (Å²) in [5, 5.41) is 11.6. The molecule has 2 aromatic carbocycles. The fraction of sp³-hybridized carbons (Fsp3) is 0.320. The van der Waals surface area contributed by atoms with E-state index in [2.05, 4.69) is 20.3 Å². The van der Waals surface area contributed by atoms with Crippen molar-refractivity contribution in [3.05, 3.63) is 65.5 Å². The Morgan fingerprint density at radius 3 is 2.68 bits per heavy atom. The molecule has 4 aromatic rings. The molecular weight excluding hydrogens is 498 g/mol. The number of sulfonamides is 1. The predicted octanol–water partition coefficient (Wildman–Crippen LogP) is 4.22. The summed E-state index contributed by atoms with van der Waals surface area (Å²) in [5.74, 6) is 0.535. The zero-order chi connectivity index (χ0) is 26.8. The van der Waals surface area contributed by atoms with Crippen LogP contribution >= 0.6 is 0 Å². The minimum atomic E-state index is -3.91. The number of ether oxygens (including phenoxy) is 2. The van der Waals surface area contributed by atoms with Gasteiger partial charge in [0.05, 0.1) is 30.1 Å². The number of alkyl carbamates (subject to hydrolysis) is 1. The number of aryl methyl sites for hydroxylation is 1. The number of methoxy groups -OCH3 is 1. The number of hydrogen-bond donors (Lipinski definition) is 2. The molecule has 0 aliphatic carbocycles. The molecule has 2 N–H and O–H groups in total. The summed E-state index contributed by atoms with van der Waals surface area (Å²) in [6.45, 7) is 7.98. The van der Waals surface area contributed by atoms with E-state index in [0.29, 0.717) is 23.3 Å². The Hall–Kier alpha value is -4.06. The first-order valence-corrected chi connectivity index (χ1v) is 13.0. The van der Waals surface area contributed by atoms with E-state index in [1.807, 2.05) is 19.2 Å². The number of benzene rings is 2. The minimum Gasteiger partial charge on any atom is -0.497 e. The third-order valence-electron chi connectivity index (χ3n) is 5.28. The third kappa shape index (κ3) is 6.39. The summed E-state index contributed by atoms with van der Waals surface area (Å²) in [6, 6.07) is 9.87. The SMILES string of the molecule is COc1cccc(S(=O)(=O)Nc2noc3cc(Cn4cc(CNC(=O)OC(C)(C)C)cn4)cc(C)c23)c1. The number of nitrogens with zero attached hydrogens (tertiary/aromatic N) is 3. The Morgan fingerprint density at radius 1 is 1.16 bits per heavy atom. The number of amides is 1. The number of aromatic nitrogens is 3. The molecule has 0 atom stereocenters. The van der Waals surface area contributed by atoms with E-state index in [1.165, 1.54) is 19.2 Å². The molecule has 2 aromatic heterocycles. The molecule has 0 unspecified atom stereocenters. The molecule has 0 saturated carbocycles. The number of carbonyl (C=O) groups is 1. The molecule has 0 spiro atoms. The van der Waals surface area contributed by atoms with Gasteiger partial charge in [-0.25, -0.2) is 13.2 Å². The van der Waals surface area contributed by atoms with Crippen molar-refractivity contribution in [3.63, 3.8) is 0 Å². The molecule has 11 nitrogen and oxygen atoms in total. The van der Waals surface area contributed by atoms with E-state index in [1.54, 1.807) is 49.8 Å². The van der Waals surface area contributed by atoms with Crippen molar-refractivity contribution < 1.29 is 27.2 Å².